The third kappa shape index (κ3) is 3.46. The van der Waals surface area contributed by atoms with Crippen molar-refractivity contribution in [2.75, 3.05) is 12.8 Å². The van der Waals surface area contributed by atoms with E-state index >= 15 is 0 Å². The number of aromatic nitrogens is 1. The van der Waals surface area contributed by atoms with Gasteiger partial charge in [-0.15, -0.1) is 0 Å². The van der Waals surface area contributed by atoms with Gasteiger partial charge < -0.3 is 15.2 Å². The average Bonchev–Trinajstić information content (AvgIpc) is 2.41. The highest BCUT2D eigenvalue weighted by molar-refractivity contribution is 5.29. The van der Waals surface area contributed by atoms with E-state index in [-0.39, 0.29) is 0 Å². The molecule has 0 bridgehead atoms. The lowest BCUT2D eigenvalue weighted by molar-refractivity contribution is 0.107. The number of methoxy groups -OCH3 is 1. The standard InChI is InChI=1S/C14H16N2O2/c1-17-13-4-2-3-11(7-13)9-18-10-12-5-6-14(15)16-8-12/h2-8H,9-10H2,1H3,(H2,15,16). The van der Waals surface area contributed by atoms with Gasteiger partial charge in [0, 0.05) is 6.20 Å². The molecule has 0 fully saturated rings. The molecule has 0 unspecified atom stereocenters. The normalized spacial score (nSPS) is 10.3. The summed E-state index contributed by atoms with van der Waals surface area (Å²) >= 11 is 0. The number of nitrogen functional groups attached to an aromatic ring is 1. The Labute approximate surface area is 106 Å². The summed E-state index contributed by atoms with van der Waals surface area (Å²) in [4.78, 5) is 4.01. The van der Waals surface area contributed by atoms with E-state index in [0.717, 1.165) is 16.9 Å². The first kappa shape index (κ1) is 12.4. The number of nitrogens with zero attached hydrogens (tertiary/aromatic N) is 1. The van der Waals surface area contributed by atoms with Crippen molar-refractivity contribution in [3.05, 3.63) is 53.7 Å². The van der Waals surface area contributed by atoms with Crippen LogP contribution in [0.5, 0.6) is 5.75 Å². The molecule has 0 saturated carbocycles. The summed E-state index contributed by atoms with van der Waals surface area (Å²) in [5.74, 6) is 1.36. The summed E-state index contributed by atoms with van der Waals surface area (Å²) in [7, 11) is 1.65. The molecule has 0 saturated heterocycles. The lowest BCUT2D eigenvalue weighted by Gasteiger charge is -2.06. The highest BCUT2D eigenvalue weighted by Gasteiger charge is 1.98. The summed E-state index contributed by atoms with van der Waals surface area (Å²) in [6.07, 6.45) is 1.72. The Kier molecular flexibility index (Phi) is 4.15. The molecule has 4 heteroatoms. The molecule has 1 aromatic carbocycles. The van der Waals surface area contributed by atoms with Gasteiger partial charge in [0.25, 0.3) is 0 Å². The minimum Gasteiger partial charge on any atom is -0.497 e. The topological polar surface area (TPSA) is 57.4 Å². The molecular weight excluding hydrogens is 228 g/mol. The zero-order valence-electron chi connectivity index (χ0n) is 10.3. The van der Waals surface area contributed by atoms with Crippen LogP contribution in [-0.2, 0) is 18.0 Å². The van der Waals surface area contributed by atoms with Gasteiger partial charge in [0.1, 0.15) is 11.6 Å². The van der Waals surface area contributed by atoms with Crippen LogP contribution in [0.25, 0.3) is 0 Å². The number of hydrogen-bond acceptors (Lipinski definition) is 4. The second-order valence-corrected chi connectivity index (χ2v) is 3.94. The lowest BCUT2D eigenvalue weighted by Crippen LogP contribution is -1.96. The average molecular weight is 244 g/mol. The molecule has 94 valence electrons. The fraction of sp³-hybridized carbons (Fsp3) is 0.214. The Balaban J connectivity index is 1.86. The Morgan fingerprint density at radius 3 is 2.67 bits per heavy atom. The van der Waals surface area contributed by atoms with Gasteiger partial charge in [-0.1, -0.05) is 18.2 Å². The smallest absolute Gasteiger partial charge is 0.123 e. The molecule has 4 nitrogen and oxygen atoms in total. The van der Waals surface area contributed by atoms with Crippen molar-refractivity contribution in [1.29, 1.82) is 0 Å². The minimum atomic E-state index is 0.518. The van der Waals surface area contributed by atoms with Gasteiger partial charge in [-0.2, -0.15) is 0 Å². The molecule has 1 aromatic heterocycles. The van der Waals surface area contributed by atoms with E-state index < -0.39 is 0 Å². The molecule has 2 aromatic rings. The van der Waals surface area contributed by atoms with Crippen molar-refractivity contribution < 1.29 is 9.47 Å². The quantitative estimate of drug-likeness (QED) is 0.877. The van der Waals surface area contributed by atoms with Gasteiger partial charge in [0.2, 0.25) is 0 Å². The summed E-state index contributed by atoms with van der Waals surface area (Å²) in [5.41, 5.74) is 7.60. The number of rotatable bonds is 5. The Bertz CT molecular complexity index is 497. The highest BCUT2D eigenvalue weighted by Crippen LogP contribution is 2.14. The van der Waals surface area contributed by atoms with Crippen LogP contribution < -0.4 is 10.5 Å². The first-order chi connectivity index (χ1) is 8.78. The van der Waals surface area contributed by atoms with Crippen molar-refractivity contribution in [2.45, 2.75) is 13.2 Å². The zero-order chi connectivity index (χ0) is 12.8. The highest BCUT2D eigenvalue weighted by atomic mass is 16.5. The molecule has 0 radical (unpaired) electrons. The maximum Gasteiger partial charge on any atom is 0.123 e. The molecule has 0 aliphatic heterocycles. The molecule has 0 amide bonds. The van der Waals surface area contributed by atoms with Gasteiger partial charge in [-0.25, -0.2) is 4.98 Å². The SMILES string of the molecule is COc1cccc(COCc2ccc(N)nc2)c1. The Morgan fingerprint density at radius 2 is 1.94 bits per heavy atom. The van der Waals surface area contributed by atoms with Crippen molar-refractivity contribution in [3.8, 4) is 5.75 Å². The number of anilines is 1. The van der Waals surface area contributed by atoms with Gasteiger partial charge >= 0.3 is 0 Å². The third-order valence-electron chi connectivity index (χ3n) is 2.52. The van der Waals surface area contributed by atoms with E-state index in [1.54, 1.807) is 19.4 Å². The first-order valence-electron chi connectivity index (χ1n) is 5.69. The van der Waals surface area contributed by atoms with Crippen molar-refractivity contribution in [3.63, 3.8) is 0 Å². The van der Waals surface area contributed by atoms with E-state index in [0.29, 0.717) is 19.0 Å². The van der Waals surface area contributed by atoms with E-state index in [2.05, 4.69) is 4.98 Å². The lowest BCUT2D eigenvalue weighted by atomic mass is 10.2. The Morgan fingerprint density at radius 1 is 1.11 bits per heavy atom. The number of benzene rings is 1. The maximum atomic E-state index is 5.61. The van der Waals surface area contributed by atoms with Crippen LogP contribution in [0.15, 0.2) is 42.6 Å². The predicted octanol–water partition coefficient (Wildman–Crippen LogP) is 2.39. The minimum absolute atomic E-state index is 0.518. The number of pyridine rings is 1. The fourth-order valence-electron chi connectivity index (χ4n) is 1.57. The summed E-state index contributed by atoms with van der Waals surface area (Å²) in [6.45, 7) is 1.06. The van der Waals surface area contributed by atoms with Crippen molar-refractivity contribution in [2.24, 2.45) is 0 Å². The molecule has 0 aliphatic rings. The molecule has 2 rings (SSSR count). The first-order valence-corrected chi connectivity index (χ1v) is 5.69. The van der Waals surface area contributed by atoms with Gasteiger partial charge in [0.05, 0.1) is 20.3 Å². The molecular formula is C14H16N2O2. The third-order valence-corrected chi connectivity index (χ3v) is 2.52. The van der Waals surface area contributed by atoms with Crippen LogP contribution in [0.4, 0.5) is 5.82 Å². The zero-order valence-corrected chi connectivity index (χ0v) is 10.3. The maximum absolute atomic E-state index is 5.61. The summed E-state index contributed by atoms with van der Waals surface area (Å²) in [5, 5.41) is 0. The molecule has 0 aliphatic carbocycles. The molecule has 2 N–H and O–H groups in total. The van der Waals surface area contributed by atoms with Gasteiger partial charge in [0.15, 0.2) is 0 Å². The molecule has 1 heterocycles. The number of nitrogens with two attached hydrogens (primary N) is 1. The molecule has 0 spiro atoms. The van der Waals surface area contributed by atoms with Crippen LogP contribution in [0.1, 0.15) is 11.1 Å². The predicted molar refractivity (Wildman–Crippen MR) is 70.1 cm³/mol. The van der Waals surface area contributed by atoms with Gasteiger partial charge in [-0.05, 0) is 29.3 Å². The van der Waals surface area contributed by atoms with E-state index in [9.17, 15) is 0 Å². The summed E-state index contributed by atoms with van der Waals surface area (Å²) < 4.78 is 10.8. The van der Waals surface area contributed by atoms with Crippen LogP contribution in [0, 0.1) is 0 Å². The number of ether oxygens (including phenoxy) is 2. The van der Waals surface area contributed by atoms with Crippen molar-refractivity contribution in [1.82, 2.24) is 4.98 Å². The monoisotopic (exact) mass is 244 g/mol. The van der Waals surface area contributed by atoms with Crippen LogP contribution in [0.3, 0.4) is 0 Å². The van der Waals surface area contributed by atoms with E-state index in [1.165, 1.54) is 0 Å². The fourth-order valence-corrected chi connectivity index (χ4v) is 1.57. The van der Waals surface area contributed by atoms with Crippen molar-refractivity contribution >= 4 is 5.82 Å². The molecule has 18 heavy (non-hydrogen) atoms. The Hall–Kier alpha value is -2.07. The van der Waals surface area contributed by atoms with Gasteiger partial charge in [-0.3, -0.25) is 0 Å². The van der Waals surface area contributed by atoms with Crippen LogP contribution >= 0.6 is 0 Å². The van der Waals surface area contributed by atoms with E-state index in [4.69, 9.17) is 15.2 Å². The second kappa shape index (κ2) is 6.02. The van der Waals surface area contributed by atoms with Crippen LogP contribution in [-0.4, -0.2) is 12.1 Å². The number of hydrogen-bond donors (Lipinski definition) is 1. The van der Waals surface area contributed by atoms with Crippen LogP contribution in [0.2, 0.25) is 0 Å². The molecule has 0 atom stereocenters. The second-order valence-electron chi connectivity index (χ2n) is 3.94. The summed E-state index contributed by atoms with van der Waals surface area (Å²) in [6, 6.07) is 11.5. The largest absolute Gasteiger partial charge is 0.497 e. The van der Waals surface area contributed by atoms with E-state index in [1.807, 2.05) is 30.3 Å².